The van der Waals surface area contributed by atoms with Crippen molar-refractivity contribution in [2.24, 2.45) is 0 Å². The summed E-state index contributed by atoms with van der Waals surface area (Å²) in [5.41, 5.74) is 0.352. The molecule has 0 heterocycles. The van der Waals surface area contributed by atoms with E-state index in [1.165, 1.54) is 6.07 Å². The predicted molar refractivity (Wildman–Crippen MR) is 46.0 cm³/mol. The van der Waals surface area contributed by atoms with Crippen LogP contribution in [0.3, 0.4) is 0 Å². The molecule has 0 radical (unpaired) electrons. The standard InChI is InChI=1S/C9H10FNO2/c1-6(11-9(12)13)7-4-2-3-5-8(7)10/h2-6,11H,1H3,(H,12,13). The summed E-state index contributed by atoms with van der Waals surface area (Å²) in [7, 11) is 0. The van der Waals surface area contributed by atoms with Crippen LogP contribution in [0, 0.1) is 5.82 Å². The molecule has 13 heavy (non-hydrogen) atoms. The summed E-state index contributed by atoms with van der Waals surface area (Å²) in [5.74, 6) is -0.399. The first kappa shape index (κ1) is 9.51. The molecule has 0 aliphatic rings. The molecule has 2 N–H and O–H groups in total. The summed E-state index contributed by atoms with van der Waals surface area (Å²) >= 11 is 0. The van der Waals surface area contributed by atoms with Gasteiger partial charge in [0.2, 0.25) is 0 Å². The van der Waals surface area contributed by atoms with Crippen molar-refractivity contribution in [3.63, 3.8) is 0 Å². The average Bonchev–Trinajstić information content (AvgIpc) is 2.03. The fraction of sp³-hybridized carbons (Fsp3) is 0.222. The Morgan fingerprint density at radius 2 is 2.15 bits per heavy atom. The molecule has 0 bridgehead atoms. The Morgan fingerprint density at radius 1 is 1.54 bits per heavy atom. The molecule has 4 heteroatoms. The molecular weight excluding hydrogens is 173 g/mol. The third-order valence-corrected chi connectivity index (χ3v) is 1.71. The minimum atomic E-state index is -1.16. The molecule has 3 nitrogen and oxygen atoms in total. The minimum Gasteiger partial charge on any atom is -0.465 e. The Balaban J connectivity index is 2.82. The molecule has 70 valence electrons. The van der Waals surface area contributed by atoms with Crippen LogP contribution in [0.1, 0.15) is 18.5 Å². The zero-order valence-electron chi connectivity index (χ0n) is 7.12. The van der Waals surface area contributed by atoms with Gasteiger partial charge in [-0.2, -0.15) is 0 Å². The number of hydrogen-bond donors (Lipinski definition) is 2. The summed E-state index contributed by atoms with van der Waals surface area (Å²) in [6, 6.07) is 5.55. The molecule has 1 atom stereocenters. The van der Waals surface area contributed by atoms with Gasteiger partial charge >= 0.3 is 6.09 Å². The van der Waals surface area contributed by atoms with Gasteiger partial charge in [-0.25, -0.2) is 9.18 Å². The van der Waals surface area contributed by atoms with E-state index in [1.807, 2.05) is 0 Å². The monoisotopic (exact) mass is 183 g/mol. The molecule has 0 aliphatic heterocycles. The molecule has 1 unspecified atom stereocenters. The largest absolute Gasteiger partial charge is 0.465 e. The summed E-state index contributed by atoms with van der Waals surface area (Å²) < 4.78 is 13.1. The van der Waals surface area contributed by atoms with Crippen molar-refractivity contribution < 1.29 is 14.3 Å². The van der Waals surface area contributed by atoms with E-state index >= 15 is 0 Å². The second-order valence-corrected chi connectivity index (χ2v) is 2.69. The summed E-state index contributed by atoms with van der Waals surface area (Å²) in [5, 5.41) is 10.6. The normalized spacial score (nSPS) is 12.2. The number of nitrogens with one attached hydrogen (secondary N) is 1. The van der Waals surface area contributed by atoms with Crippen LogP contribution in [-0.4, -0.2) is 11.2 Å². The lowest BCUT2D eigenvalue weighted by molar-refractivity contribution is 0.190. The lowest BCUT2D eigenvalue weighted by Gasteiger charge is -2.11. The quantitative estimate of drug-likeness (QED) is 0.738. The van der Waals surface area contributed by atoms with E-state index in [0.29, 0.717) is 5.56 Å². The number of carbonyl (C=O) groups is 1. The molecule has 1 aromatic rings. The Bertz CT molecular complexity index is 314. The van der Waals surface area contributed by atoms with Crippen LogP contribution in [0.2, 0.25) is 0 Å². The third-order valence-electron chi connectivity index (χ3n) is 1.71. The summed E-state index contributed by atoms with van der Waals surface area (Å²) in [6.45, 7) is 1.59. The molecule has 1 rings (SSSR count). The second-order valence-electron chi connectivity index (χ2n) is 2.69. The van der Waals surface area contributed by atoms with Gasteiger partial charge in [-0.15, -0.1) is 0 Å². The highest BCUT2D eigenvalue weighted by atomic mass is 19.1. The molecule has 0 saturated heterocycles. The van der Waals surface area contributed by atoms with Crippen LogP contribution in [0.15, 0.2) is 24.3 Å². The molecule has 1 aromatic carbocycles. The number of amides is 1. The van der Waals surface area contributed by atoms with Gasteiger partial charge in [-0.1, -0.05) is 18.2 Å². The van der Waals surface area contributed by atoms with E-state index in [-0.39, 0.29) is 0 Å². The van der Waals surface area contributed by atoms with E-state index < -0.39 is 18.0 Å². The number of benzene rings is 1. The van der Waals surface area contributed by atoms with Crippen LogP contribution in [0.5, 0.6) is 0 Å². The zero-order chi connectivity index (χ0) is 9.84. The van der Waals surface area contributed by atoms with Gasteiger partial charge in [0, 0.05) is 5.56 Å². The molecule has 0 aromatic heterocycles. The van der Waals surface area contributed by atoms with Crippen molar-refractivity contribution in [1.82, 2.24) is 5.32 Å². The van der Waals surface area contributed by atoms with E-state index in [0.717, 1.165) is 0 Å². The van der Waals surface area contributed by atoms with Gasteiger partial charge in [-0.3, -0.25) is 0 Å². The molecular formula is C9H10FNO2. The number of halogens is 1. The lowest BCUT2D eigenvalue weighted by atomic mass is 10.1. The first-order chi connectivity index (χ1) is 6.11. The first-order valence-corrected chi connectivity index (χ1v) is 3.85. The first-order valence-electron chi connectivity index (χ1n) is 3.85. The topological polar surface area (TPSA) is 49.3 Å². The van der Waals surface area contributed by atoms with Crippen LogP contribution in [0.25, 0.3) is 0 Å². The van der Waals surface area contributed by atoms with Gasteiger partial charge in [0.25, 0.3) is 0 Å². The van der Waals surface area contributed by atoms with E-state index in [4.69, 9.17) is 5.11 Å². The van der Waals surface area contributed by atoms with Crippen molar-refractivity contribution in [2.75, 3.05) is 0 Å². The van der Waals surface area contributed by atoms with Gasteiger partial charge in [-0.05, 0) is 13.0 Å². The fourth-order valence-corrected chi connectivity index (χ4v) is 1.09. The van der Waals surface area contributed by atoms with Crippen LogP contribution in [0.4, 0.5) is 9.18 Å². The van der Waals surface area contributed by atoms with Crippen LogP contribution < -0.4 is 5.32 Å². The van der Waals surface area contributed by atoms with Crippen molar-refractivity contribution in [1.29, 1.82) is 0 Å². The van der Waals surface area contributed by atoms with Crippen molar-refractivity contribution in [3.05, 3.63) is 35.6 Å². The maximum absolute atomic E-state index is 13.1. The SMILES string of the molecule is CC(NC(=O)O)c1ccccc1F. The van der Waals surface area contributed by atoms with Crippen molar-refractivity contribution in [2.45, 2.75) is 13.0 Å². The van der Waals surface area contributed by atoms with Gasteiger partial charge in [0.1, 0.15) is 5.82 Å². The molecule has 0 spiro atoms. The summed E-state index contributed by atoms with van der Waals surface area (Å²) in [4.78, 5) is 10.3. The van der Waals surface area contributed by atoms with Crippen molar-refractivity contribution in [3.8, 4) is 0 Å². The molecule has 0 saturated carbocycles. The highest BCUT2D eigenvalue weighted by molar-refractivity contribution is 5.65. The number of rotatable bonds is 2. The van der Waals surface area contributed by atoms with Crippen LogP contribution in [-0.2, 0) is 0 Å². The second kappa shape index (κ2) is 3.89. The molecule has 0 fully saturated rings. The maximum atomic E-state index is 13.1. The van der Waals surface area contributed by atoms with E-state index in [2.05, 4.69) is 5.32 Å². The lowest BCUT2D eigenvalue weighted by Crippen LogP contribution is -2.25. The molecule has 1 amide bonds. The minimum absolute atomic E-state index is 0.352. The van der Waals surface area contributed by atoms with Gasteiger partial charge in [0.05, 0.1) is 6.04 Å². The van der Waals surface area contributed by atoms with E-state index in [1.54, 1.807) is 25.1 Å². The zero-order valence-corrected chi connectivity index (χ0v) is 7.12. The fourth-order valence-electron chi connectivity index (χ4n) is 1.09. The Kier molecular flexibility index (Phi) is 2.84. The van der Waals surface area contributed by atoms with Gasteiger partial charge in [0.15, 0.2) is 0 Å². The Morgan fingerprint density at radius 3 is 2.69 bits per heavy atom. The van der Waals surface area contributed by atoms with Crippen LogP contribution >= 0.6 is 0 Å². The number of hydrogen-bond acceptors (Lipinski definition) is 1. The highest BCUT2D eigenvalue weighted by Crippen LogP contribution is 2.15. The van der Waals surface area contributed by atoms with E-state index in [9.17, 15) is 9.18 Å². The Hall–Kier alpha value is -1.58. The Labute approximate surface area is 75.2 Å². The molecule has 0 aliphatic carbocycles. The number of carboxylic acid groups (broad SMARTS) is 1. The highest BCUT2D eigenvalue weighted by Gasteiger charge is 2.11. The van der Waals surface area contributed by atoms with Gasteiger partial charge < -0.3 is 10.4 Å². The smallest absolute Gasteiger partial charge is 0.405 e. The maximum Gasteiger partial charge on any atom is 0.405 e. The predicted octanol–water partition coefficient (Wildman–Crippen LogP) is 2.15. The average molecular weight is 183 g/mol. The third kappa shape index (κ3) is 2.43. The van der Waals surface area contributed by atoms with Crippen molar-refractivity contribution >= 4 is 6.09 Å². The summed E-state index contributed by atoms with van der Waals surface area (Å²) in [6.07, 6.45) is -1.16.